The Hall–Kier alpha value is -2.44. The van der Waals surface area contributed by atoms with Gasteiger partial charge in [0.25, 0.3) is 5.91 Å². The van der Waals surface area contributed by atoms with Crippen molar-refractivity contribution in [2.45, 2.75) is 13.3 Å². The molecule has 0 fully saturated rings. The molecule has 0 saturated carbocycles. The topological polar surface area (TPSA) is 46.9 Å². The minimum atomic E-state index is -0.00141. The van der Waals surface area contributed by atoms with E-state index in [9.17, 15) is 4.79 Å². The van der Waals surface area contributed by atoms with Crippen molar-refractivity contribution < 1.29 is 14.4 Å². The van der Waals surface area contributed by atoms with Crippen LogP contribution in [0.3, 0.4) is 0 Å². The molecule has 0 atom stereocenters. The predicted molar refractivity (Wildman–Crippen MR) is 111 cm³/mol. The molecule has 1 N–H and O–H groups in total. The molecule has 0 aliphatic carbocycles. The first-order valence-electron chi connectivity index (χ1n) is 9.10. The zero-order chi connectivity index (χ0) is 19.4. The number of nitrogens with one attached hydrogen (secondary N) is 1. The maximum atomic E-state index is 13.2. The van der Waals surface area contributed by atoms with E-state index in [2.05, 4.69) is 14.1 Å². The van der Waals surface area contributed by atoms with Crippen LogP contribution in [0, 0.1) is 6.92 Å². The monoisotopic (exact) mass is 384 g/mol. The highest BCUT2D eigenvalue weighted by molar-refractivity contribution is 7.22. The van der Waals surface area contributed by atoms with Crippen LogP contribution in [0.15, 0.2) is 42.5 Å². The highest BCUT2D eigenvalue weighted by atomic mass is 32.1. The summed E-state index contributed by atoms with van der Waals surface area (Å²) >= 11 is 1.54. The molecule has 27 heavy (non-hydrogen) atoms. The summed E-state index contributed by atoms with van der Waals surface area (Å²) in [4.78, 5) is 21.1. The normalized spacial score (nSPS) is 11.1. The standard InChI is InChI=1S/C21H25N3O2S/c1-15-7-5-8-16(13-15)20(25)24(12-6-11-23(2)3)21-22-18-14-17(26-4)9-10-19(18)27-21/h5,7-10,13-14H,6,11-12H2,1-4H3/p+1. The SMILES string of the molecule is COc1ccc2sc(N(CCC[NH+](C)C)C(=O)c3cccc(C)c3)nc2c1. The van der Waals surface area contributed by atoms with E-state index in [1.165, 1.54) is 4.90 Å². The van der Waals surface area contributed by atoms with Crippen molar-refractivity contribution in [2.24, 2.45) is 0 Å². The smallest absolute Gasteiger partial charge is 0.260 e. The van der Waals surface area contributed by atoms with Crippen molar-refractivity contribution in [3.63, 3.8) is 0 Å². The van der Waals surface area contributed by atoms with Gasteiger partial charge in [-0.15, -0.1) is 0 Å². The predicted octanol–water partition coefficient (Wildman–Crippen LogP) is 2.79. The minimum absolute atomic E-state index is 0.00141. The van der Waals surface area contributed by atoms with Crippen LogP contribution in [0.1, 0.15) is 22.3 Å². The van der Waals surface area contributed by atoms with Gasteiger partial charge in [0.05, 0.1) is 38.0 Å². The minimum Gasteiger partial charge on any atom is -0.497 e. The summed E-state index contributed by atoms with van der Waals surface area (Å²) in [7, 11) is 5.89. The average Bonchev–Trinajstić information content (AvgIpc) is 3.07. The van der Waals surface area contributed by atoms with Crippen LogP contribution in [0.5, 0.6) is 5.75 Å². The van der Waals surface area contributed by atoms with Crippen LogP contribution in [-0.4, -0.2) is 45.2 Å². The Labute approximate surface area is 164 Å². The van der Waals surface area contributed by atoms with Gasteiger partial charge in [0.2, 0.25) is 0 Å². The van der Waals surface area contributed by atoms with Crippen molar-refractivity contribution in [3.05, 3.63) is 53.6 Å². The van der Waals surface area contributed by atoms with Gasteiger partial charge in [-0.3, -0.25) is 9.69 Å². The first kappa shape index (κ1) is 19.3. The van der Waals surface area contributed by atoms with Crippen molar-refractivity contribution in [2.75, 3.05) is 39.2 Å². The molecule has 3 aromatic rings. The maximum absolute atomic E-state index is 13.2. The molecule has 0 aliphatic heterocycles. The molecule has 0 spiro atoms. The van der Waals surface area contributed by atoms with E-state index in [-0.39, 0.29) is 5.91 Å². The molecule has 0 radical (unpaired) electrons. The number of quaternary nitrogens is 1. The number of hydrogen-bond acceptors (Lipinski definition) is 4. The van der Waals surface area contributed by atoms with Gasteiger partial charge in [-0.2, -0.15) is 0 Å². The molecule has 1 heterocycles. The quantitative estimate of drug-likeness (QED) is 0.681. The molecule has 0 bridgehead atoms. The molecule has 142 valence electrons. The van der Waals surface area contributed by atoms with E-state index in [0.717, 1.165) is 39.6 Å². The molecule has 1 amide bonds. The fourth-order valence-electron chi connectivity index (χ4n) is 2.95. The summed E-state index contributed by atoms with van der Waals surface area (Å²) in [6, 6.07) is 13.6. The summed E-state index contributed by atoms with van der Waals surface area (Å²) in [6.45, 7) is 3.64. The van der Waals surface area contributed by atoms with Gasteiger partial charge in [0.1, 0.15) is 5.75 Å². The van der Waals surface area contributed by atoms with E-state index >= 15 is 0 Å². The summed E-state index contributed by atoms with van der Waals surface area (Å²) in [6.07, 6.45) is 0.916. The number of benzene rings is 2. The van der Waals surface area contributed by atoms with Crippen LogP contribution in [0.25, 0.3) is 10.2 Å². The van der Waals surface area contributed by atoms with Gasteiger partial charge in [0.15, 0.2) is 5.13 Å². The number of nitrogens with zero attached hydrogens (tertiary/aromatic N) is 2. The molecule has 0 saturated heterocycles. The second-order valence-corrected chi connectivity index (χ2v) is 7.98. The number of anilines is 1. The van der Waals surface area contributed by atoms with Gasteiger partial charge in [0, 0.05) is 24.6 Å². The van der Waals surface area contributed by atoms with E-state index < -0.39 is 0 Å². The van der Waals surface area contributed by atoms with E-state index in [1.54, 1.807) is 18.4 Å². The van der Waals surface area contributed by atoms with Gasteiger partial charge < -0.3 is 9.64 Å². The largest absolute Gasteiger partial charge is 0.497 e. The highest BCUT2D eigenvalue weighted by Gasteiger charge is 2.21. The summed E-state index contributed by atoms with van der Waals surface area (Å²) in [5.74, 6) is 0.769. The molecule has 5 nitrogen and oxygen atoms in total. The Kier molecular flexibility index (Phi) is 6.08. The fourth-order valence-corrected chi connectivity index (χ4v) is 3.92. The molecule has 3 rings (SSSR count). The third-order valence-electron chi connectivity index (χ3n) is 4.38. The maximum Gasteiger partial charge on any atom is 0.260 e. The number of amides is 1. The zero-order valence-electron chi connectivity index (χ0n) is 16.3. The number of aryl methyl sites for hydroxylation is 1. The van der Waals surface area contributed by atoms with Gasteiger partial charge in [-0.25, -0.2) is 4.98 Å². The Morgan fingerprint density at radius 1 is 1.22 bits per heavy atom. The Morgan fingerprint density at radius 2 is 2.04 bits per heavy atom. The molecule has 6 heteroatoms. The van der Waals surface area contributed by atoms with Crippen molar-refractivity contribution in [1.82, 2.24) is 4.98 Å². The van der Waals surface area contributed by atoms with Gasteiger partial charge in [-0.05, 0) is 31.2 Å². The highest BCUT2D eigenvalue weighted by Crippen LogP contribution is 2.32. The molecule has 0 unspecified atom stereocenters. The van der Waals surface area contributed by atoms with Crippen molar-refractivity contribution >= 4 is 32.6 Å². The Morgan fingerprint density at radius 3 is 2.74 bits per heavy atom. The molecular weight excluding hydrogens is 358 g/mol. The lowest BCUT2D eigenvalue weighted by Crippen LogP contribution is -3.05. The lowest BCUT2D eigenvalue weighted by molar-refractivity contribution is -0.858. The van der Waals surface area contributed by atoms with Crippen LogP contribution in [0.2, 0.25) is 0 Å². The second kappa shape index (κ2) is 8.50. The Bertz CT molecular complexity index is 936. The fraction of sp³-hybridized carbons (Fsp3) is 0.333. The number of methoxy groups -OCH3 is 1. The summed E-state index contributed by atoms with van der Waals surface area (Å²) in [5, 5.41) is 0.735. The molecular formula is C21H26N3O2S+. The molecule has 0 aliphatic rings. The molecule has 1 aromatic heterocycles. The van der Waals surface area contributed by atoms with E-state index in [0.29, 0.717) is 12.1 Å². The number of fused-ring (bicyclic) bond motifs is 1. The molecule has 2 aromatic carbocycles. The number of ether oxygens (including phenoxy) is 1. The van der Waals surface area contributed by atoms with Crippen LogP contribution in [0.4, 0.5) is 5.13 Å². The van der Waals surface area contributed by atoms with E-state index in [4.69, 9.17) is 9.72 Å². The third-order valence-corrected chi connectivity index (χ3v) is 5.44. The third kappa shape index (κ3) is 4.64. The van der Waals surface area contributed by atoms with Crippen LogP contribution < -0.4 is 14.5 Å². The average molecular weight is 385 g/mol. The van der Waals surface area contributed by atoms with Crippen LogP contribution >= 0.6 is 11.3 Å². The van der Waals surface area contributed by atoms with Crippen molar-refractivity contribution in [1.29, 1.82) is 0 Å². The number of rotatable bonds is 7. The first-order valence-corrected chi connectivity index (χ1v) is 9.91. The van der Waals surface area contributed by atoms with Crippen molar-refractivity contribution in [3.8, 4) is 5.75 Å². The second-order valence-electron chi connectivity index (χ2n) is 6.97. The zero-order valence-corrected chi connectivity index (χ0v) is 17.1. The Balaban J connectivity index is 1.94. The number of thiazole rings is 1. The number of carbonyl (C=O) groups excluding carboxylic acids is 1. The summed E-state index contributed by atoms with van der Waals surface area (Å²) in [5.41, 5.74) is 2.63. The number of aromatic nitrogens is 1. The number of carbonyl (C=O) groups is 1. The first-order chi connectivity index (χ1) is 13.0. The lowest BCUT2D eigenvalue weighted by Gasteiger charge is -2.20. The van der Waals surface area contributed by atoms with Gasteiger partial charge in [-0.1, -0.05) is 29.0 Å². The number of hydrogen-bond donors (Lipinski definition) is 1. The summed E-state index contributed by atoms with van der Waals surface area (Å²) < 4.78 is 6.34. The van der Waals surface area contributed by atoms with E-state index in [1.807, 2.05) is 54.3 Å². The lowest BCUT2D eigenvalue weighted by atomic mass is 10.1. The van der Waals surface area contributed by atoms with Gasteiger partial charge >= 0.3 is 0 Å². The van der Waals surface area contributed by atoms with Crippen LogP contribution in [-0.2, 0) is 0 Å².